The third kappa shape index (κ3) is 4.41. The molecule has 1 unspecified atom stereocenters. The number of aryl methyl sites for hydroxylation is 1. The highest BCUT2D eigenvalue weighted by Crippen LogP contribution is 2.05. The summed E-state index contributed by atoms with van der Waals surface area (Å²) in [5.74, 6) is -1.42. The summed E-state index contributed by atoms with van der Waals surface area (Å²) in [6.07, 6.45) is 3.37. The number of nitrogens with one attached hydrogen (secondary N) is 1. The van der Waals surface area contributed by atoms with Crippen molar-refractivity contribution in [2.75, 3.05) is 0 Å². The summed E-state index contributed by atoms with van der Waals surface area (Å²) in [6.45, 7) is 3.68. The van der Waals surface area contributed by atoms with Crippen LogP contribution in [-0.2, 0) is 9.59 Å². The van der Waals surface area contributed by atoms with E-state index in [1.807, 2.05) is 31.2 Å². The molecule has 0 aromatic heterocycles. The SMILES string of the molecule is CCC(NC(=O)/C=C/c1cccc(C)c1)C(=O)O. The molecule has 1 amide bonds. The summed E-state index contributed by atoms with van der Waals surface area (Å²) in [6, 6.07) is 6.86. The van der Waals surface area contributed by atoms with Crippen molar-refractivity contribution in [1.82, 2.24) is 5.32 Å². The van der Waals surface area contributed by atoms with E-state index in [-0.39, 0.29) is 0 Å². The van der Waals surface area contributed by atoms with Gasteiger partial charge in [-0.2, -0.15) is 0 Å². The molecule has 96 valence electrons. The average Bonchev–Trinajstić information content (AvgIpc) is 2.33. The molecule has 0 heterocycles. The molecule has 1 aromatic rings. The average molecular weight is 247 g/mol. The Morgan fingerprint density at radius 2 is 2.17 bits per heavy atom. The van der Waals surface area contributed by atoms with Gasteiger partial charge in [-0.05, 0) is 25.0 Å². The summed E-state index contributed by atoms with van der Waals surface area (Å²) >= 11 is 0. The molecule has 4 heteroatoms. The Morgan fingerprint density at radius 1 is 1.44 bits per heavy atom. The molecule has 2 N–H and O–H groups in total. The van der Waals surface area contributed by atoms with Crippen LogP contribution in [0.15, 0.2) is 30.3 Å². The molecular formula is C14H17NO3. The molecule has 4 nitrogen and oxygen atoms in total. The van der Waals surface area contributed by atoms with Gasteiger partial charge in [0.1, 0.15) is 6.04 Å². The zero-order valence-electron chi connectivity index (χ0n) is 10.5. The van der Waals surface area contributed by atoms with Crippen LogP contribution < -0.4 is 5.32 Å². The number of hydrogen-bond donors (Lipinski definition) is 2. The second kappa shape index (κ2) is 6.59. The van der Waals surface area contributed by atoms with E-state index in [1.54, 1.807) is 13.0 Å². The zero-order chi connectivity index (χ0) is 13.5. The number of benzene rings is 1. The number of carbonyl (C=O) groups is 2. The van der Waals surface area contributed by atoms with Gasteiger partial charge in [-0.1, -0.05) is 36.8 Å². The first-order valence-corrected chi connectivity index (χ1v) is 5.81. The van der Waals surface area contributed by atoms with E-state index in [4.69, 9.17) is 5.11 Å². The number of carbonyl (C=O) groups excluding carboxylic acids is 1. The Labute approximate surface area is 106 Å². The van der Waals surface area contributed by atoms with Crippen molar-refractivity contribution in [3.63, 3.8) is 0 Å². The number of carboxylic acids is 1. The highest BCUT2D eigenvalue weighted by atomic mass is 16.4. The van der Waals surface area contributed by atoms with Gasteiger partial charge < -0.3 is 10.4 Å². The third-order valence-electron chi connectivity index (χ3n) is 2.49. The standard InChI is InChI=1S/C14H17NO3/c1-3-12(14(17)18)15-13(16)8-7-11-6-4-5-10(2)9-11/h4-9,12H,3H2,1-2H3,(H,15,16)(H,17,18)/b8-7+. The molecule has 0 saturated carbocycles. The van der Waals surface area contributed by atoms with E-state index in [9.17, 15) is 9.59 Å². The van der Waals surface area contributed by atoms with Crippen LogP contribution in [0.2, 0.25) is 0 Å². The number of hydrogen-bond acceptors (Lipinski definition) is 2. The van der Waals surface area contributed by atoms with Gasteiger partial charge in [0, 0.05) is 6.08 Å². The molecule has 1 atom stereocenters. The first kappa shape index (κ1) is 14.0. The Balaban J connectivity index is 2.62. The first-order chi connectivity index (χ1) is 8.52. The van der Waals surface area contributed by atoms with Gasteiger partial charge in [0.05, 0.1) is 0 Å². The van der Waals surface area contributed by atoms with Crippen LogP contribution in [-0.4, -0.2) is 23.0 Å². The van der Waals surface area contributed by atoms with E-state index in [2.05, 4.69) is 5.32 Å². The van der Waals surface area contributed by atoms with E-state index < -0.39 is 17.9 Å². The topological polar surface area (TPSA) is 66.4 Å². The van der Waals surface area contributed by atoms with Crippen molar-refractivity contribution in [3.05, 3.63) is 41.5 Å². The molecule has 0 aliphatic carbocycles. The van der Waals surface area contributed by atoms with E-state index in [1.165, 1.54) is 6.08 Å². The Morgan fingerprint density at radius 3 is 2.72 bits per heavy atom. The highest BCUT2D eigenvalue weighted by molar-refractivity contribution is 5.94. The van der Waals surface area contributed by atoms with E-state index in [0.29, 0.717) is 6.42 Å². The van der Waals surface area contributed by atoms with Crippen LogP contribution in [0.5, 0.6) is 0 Å². The normalized spacial score (nSPS) is 12.3. The monoisotopic (exact) mass is 247 g/mol. The molecule has 0 radical (unpaired) electrons. The summed E-state index contributed by atoms with van der Waals surface area (Å²) < 4.78 is 0. The van der Waals surface area contributed by atoms with Gasteiger partial charge in [0.15, 0.2) is 0 Å². The van der Waals surface area contributed by atoms with Crippen LogP contribution in [0.1, 0.15) is 24.5 Å². The van der Waals surface area contributed by atoms with Crippen LogP contribution >= 0.6 is 0 Å². The van der Waals surface area contributed by atoms with Crippen LogP contribution in [0, 0.1) is 6.92 Å². The lowest BCUT2D eigenvalue weighted by molar-refractivity contribution is -0.141. The fourth-order valence-electron chi connectivity index (χ4n) is 1.50. The predicted octanol–water partition coefficient (Wildman–Crippen LogP) is 1.99. The molecule has 1 rings (SSSR count). The van der Waals surface area contributed by atoms with E-state index >= 15 is 0 Å². The zero-order valence-corrected chi connectivity index (χ0v) is 10.5. The van der Waals surface area contributed by atoms with Crippen molar-refractivity contribution >= 4 is 18.0 Å². The van der Waals surface area contributed by atoms with Crippen LogP contribution in [0.25, 0.3) is 6.08 Å². The van der Waals surface area contributed by atoms with Gasteiger partial charge >= 0.3 is 5.97 Å². The van der Waals surface area contributed by atoms with Gasteiger partial charge in [0.2, 0.25) is 5.91 Å². The summed E-state index contributed by atoms with van der Waals surface area (Å²) in [4.78, 5) is 22.3. The Kier molecular flexibility index (Phi) is 5.11. The lowest BCUT2D eigenvalue weighted by atomic mass is 10.1. The largest absolute Gasteiger partial charge is 0.480 e. The lowest BCUT2D eigenvalue weighted by Crippen LogP contribution is -2.39. The minimum Gasteiger partial charge on any atom is -0.480 e. The molecule has 1 aromatic carbocycles. The van der Waals surface area contributed by atoms with Gasteiger partial charge in [-0.3, -0.25) is 4.79 Å². The molecule has 0 bridgehead atoms. The van der Waals surface area contributed by atoms with Gasteiger partial charge in [0.25, 0.3) is 0 Å². The van der Waals surface area contributed by atoms with E-state index in [0.717, 1.165) is 11.1 Å². The molecule has 0 spiro atoms. The van der Waals surface area contributed by atoms with Crippen molar-refractivity contribution in [2.45, 2.75) is 26.3 Å². The maximum Gasteiger partial charge on any atom is 0.326 e. The molecular weight excluding hydrogens is 230 g/mol. The maximum absolute atomic E-state index is 11.5. The smallest absolute Gasteiger partial charge is 0.326 e. The molecule has 0 saturated heterocycles. The first-order valence-electron chi connectivity index (χ1n) is 5.81. The minimum absolute atomic E-state index is 0.360. The van der Waals surface area contributed by atoms with Crippen LogP contribution in [0.3, 0.4) is 0 Å². The molecule has 0 fully saturated rings. The fraction of sp³-hybridized carbons (Fsp3) is 0.286. The second-order valence-corrected chi connectivity index (χ2v) is 4.06. The van der Waals surface area contributed by atoms with Gasteiger partial charge in [-0.15, -0.1) is 0 Å². The highest BCUT2D eigenvalue weighted by Gasteiger charge is 2.15. The second-order valence-electron chi connectivity index (χ2n) is 4.06. The molecule has 0 aliphatic heterocycles. The van der Waals surface area contributed by atoms with Crippen LogP contribution in [0.4, 0.5) is 0 Å². The fourth-order valence-corrected chi connectivity index (χ4v) is 1.50. The number of aliphatic carboxylic acids is 1. The Hall–Kier alpha value is -2.10. The minimum atomic E-state index is -1.02. The summed E-state index contributed by atoms with van der Waals surface area (Å²) in [7, 11) is 0. The maximum atomic E-state index is 11.5. The van der Waals surface area contributed by atoms with Crippen molar-refractivity contribution in [2.24, 2.45) is 0 Å². The third-order valence-corrected chi connectivity index (χ3v) is 2.49. The predicted molar refractivity (Wildman–Crippen MR) is 70.1 cm³/mol. The Bertz CT molecular complexity index is 466. The molecule has 0 aliphatic rings. The van der Waals surface area contributed by atoms with Crippen molar-refractivity contribution in [1.29, 1.82) is 0 Å². The quantitative estimate of drug-likeness (QED) is 0.782. The number of carboxylic acid groups (broad SMARTS) is 1. The summed E-state index contributed by atoms with van der Waals surface area (Å²) in [5.41, 5.74) is 2.02. The molecule has 18 heavy (non-hydrogen) atoms. The van der Waals surface area contributed by atoms with Crippen molar-refractivity contribution in [3.8, 4) is 0 Å². The summed E-state index contributed by atoms with van der Waals surface area (Å²) in [5, 5.41) is 11.2. The number of amides is 1. The van der Waals surface area contributed by atoms with Crippen molar-refractivity contribution < 1.29 is 14.7 Å². The van der Waals surface area contributed by atoms with Gasteiger partial charge in [-0.25, -0.2) is 4.79 Å². The lowest BCUT2D eigenvalue weighted by Gasteiger charge is -2.09. The number of rotatable bonds is 5.